The first kappa shape index (κ1) is 12.4. The number of morpholine rings is 1. The molecular weight excluding hydrogens is 258 g/mol. The zero-order valence-corrected chi connectivity index (χ0v) is 11.4. The number of hydrogen-bond acceptors (Lipinski definition) is 3. The lowest BCUT2D eigenvalue weighted by molar-refractivity contribution is 0.0306. The van der Waals surface area contributed by atoms with Crippen LogP contribution in [0.5, 0.6) is 0 Å². The molecule has 1 saturated heterocycles. The van der Waals surface area contributed by atoms with E-state index in [0.717, 1.165) is 15.3 Å². The van der Waals surface area contributed by atoms with Crippen molar-refractivity contribution in [3.63, 3.8) is 0 Å². The molecular formula is C15H15NO2S. The van der Waals surface area contributed by atoms with Gasteiger partial charge in [0.25, 0.3) is 5.91 Å². The minimum Gasteiger partial charge on any atom is -0.378 e. The first-order valence-corrected chi connectivity index (χ1v) is 7.18. The summed E-state index contributed by atoms with van der Waals surface area (Å²) in [5, 5.41) is 0. The highest BCUT2D eigenvalue weighted by Gasteiger charge is 2.20. The fourth-order valence-corrected chi connectivity index (χ4v) is 3.11. The van der Waals surface area contributed by atoms with E-state index in [1.54, 1.807) is 11.3 Å². The van der Waals surface area contributed by atoms with Crippen molar-refractivity contribution in [2.75, 3.05) is 26.3 Å². The van der Waals surface area contributed by atoms with Crippen LogP contribution in [0.2, 0.25) is 0 Å². The molecule has 0 bridgehead atoms. The second kappa shape index (κ2) is 5.55. The van der Waals surface area contributed by atoms with Crippen LogP contribution in [-0.2, 0) is 4.74 Å². The molecule has 1 aliphatic rings. The molecule has 1 aromatic heterocycles. The molecule has 1 amide bonds. The Labute approximate surface area is 116 Å². The lowest BCUT2D eigenvalue weighted by atomic mass is 10.2. The van der Waals surface area contributed by atoms with E-state index in [-0.39, 0.29) is 5.91 Å². The smallest absolute Gasteiger partial charge is 0.264 e. The van der Waals surface area contributed by atoms with Gasteiger partial charge in [0.2, 0.25) is 0 Å². The normalized spacial score (nSPS) is 15.5. The molecule has 0 spiro atoms. The van der Waals surface area contributed by atoms with Crippen molar-refractivity contribution in [1.29, 1.82) is 0 Å². The Morgan fingerprint density at radius 1 is 1.05 bits per heavy atom. The van der Waals surface area contributed by atoms with E-state index < -0.39 is 0 Å². The number of hydrogen-bond donors (Lipinski definition) is 0. The molecule has 0 aliphatic carbocycles. The molecule has 0 saturated carbocycles. The van der Waals surface area contributed by atoms with Gasteiger partial charge in [-0.1, -0.05) is 30.3 Å². The molecule has 1 aromatic carbocycles. The summed E-state index contributed by atoms with van der Waals surface area (Å²) >= 11 is 1.56. The average molecular weight is 273 g/mol. The molecule has 4 heteroatoms. The molecule has 0 radical (unpaired) electrons. The summed E-state index contributed by atoms with van der Waals surface area (Å²) in [6.45, 7) is 2.67. The van der Waals surface area contributed by atoms with Gasteiger partial charge < -0.3 is 9.64 Å². The highest BCUT2D eigenvalue weighted by Crippen LogP contribution is 2.28. The summed E-state index contributed by atoms with van der Waals surface area (Å²) in [6.07, 6.45) is 0. The van der Waals surface area contributed by atoms with Gasteiger partial charge in [0, 0.05) is 18.0 Å². The number of benzene rings is 1. The molecule has 1 aliphatic heterocycles. The van der Waals surface area contributed by atoms with E-state index in [9.17, 15) is 4.79 Å². The van der Waals surface area contributed by atoms with Crippen LogP contribution in [-0.4, -0.2) is 37.1 Å². The van der Waals surface area contributed by atoms with Gasteiger partial charge in [-0.3, -0.25) is 4.79 Å². The first-order valence-electron chi connectivity index (χ1n) is 6.37. The maximum atomic E-state index is 12.3. The van der Waals surface area contributed by atoms with Crippen LogP contribution in [0.25, 0.3) is 10.4 Å². The zero-order chi connectivity index (χ0) is 13.1. The van der Waals surface area contributed by atoms with Crippen LogP contribution in [0, 0.1) is 0 Å². The van der Waals surface area contributed by atoms with E-state index in [1.807, 2.05) is 35.2 Å². The Kier molecular flexibility index (Phi) is 3.62. The number of rotatable bonds is 2. The summed E-state index contributed by atoms with van der Waals surface area (Å²) < 4.78 is 5.27. The third-order valence-corrected chi connectivity index (χ3v) is 4.30. The van der Waals surface area contributed by atoms with Crippen LogP contribution < -0.4 is 0 Å². The Morgan fingerprint density at radius 3 is 2.53 bits per heavy atom. The number of carbonyl (C=O) groups excluding carboxylic acids is 1. The van der Waals surface area contributed by atoms with Gasteiger partial charge in [0.15, 0.2) is 0 Å². The summed E-state index contributed by atoms with van der Waals surface area (Å²) in [4.78, 5) is 16.1. The number of amides is 1. The van der Waals surface area contributed by atoms with Gasteiger partial charge in [-0.15, -0.1) is 11.3 Å². The number of carbonyl (C=O) groups is 1. The second-order valence-electron chi connectivity index (χ2n) is 4.43. The van der Waals surface area contributed by atoms with E-state index >= 15 is 0 Å². The van der Waals surface area contributed by atoms with Crippen molar-refractivity contribution in [3.8, 4) is 10.4 Å². The van der Waals surface area contributed by atoms with Gasteiger partial charge in [-0.2, -0.15) is 0 Å². The molecule has 0 atom stereocenters. The van der Waals surface area contributed by atoms with Crippen LogP contribution >= 0.6 is 11.3 Å². The van der Waals surface area contributed by atoms with Crippen molar-refractivity contribution >= 4 is 17.2 Å². The third kappa shape index (κ3) is 2.69. The van der Waals surface area contributed by atoms with E-state index in [0.29, 0.717) is 26.3 Å². The van der Waals surface area contributed by atoms with Crippen molar-refractivity contribution < 1.29 is 9.53 Å². The van der Waals surface area contributed by atoms with Crippen LogP contribution in [0.4, 0.5) is 0 Å². The molecule has 0 N–H and O–H groups in total. The maximum absolute atomic E-state index is 12.3. The molecule has 1 fully saturated rings. The van der Waals surface area contributed by atoms with Gasteiger partial charge in [0.1, 0.15) is 0 Å². The molecule has 3 nitrogen and oxygen atoms in total. The predicted octanol–water partition coefficient (Wildman–Crippen LogP) is 2.89. The molecule has 0 unspecified atom stereocenters. The van der Waals surface area contributed by atoms with Crippen molar-refractivity contribution in [2.24, 2.45) is 0 Å². The van der Waals surface area contributed by atoms with E-state index in [4.69, 9.17) is 4.74 Å². The topological polar surface area (TPSA) is 29.5 Å². The van der Waals surface area contributed by atoms with Gasteiger partial charge in [0.05, 0.1) is 18.1 Å². The van der Waals surface area contributed by atoms with Crippen LogP contribution in [0.3, 0.4) is 0 Å². The van der Waals surface area contributed by atoms with E-state index in [2.05, 4.69) is 12.1 Å². The minimum absolute atomic E-state index is 0.121. The van der Waals surface area contributed by atoms with E-state index in [1.165, 1.54) is 0 Å². The minimum atomic E-state index is 0.121. The zero-order valence-electron chi connectivity index (χ0n) is 10.5. The fraction of sp³-hybridized carbons (Fsp3) is 0.267. The number of nitrogens with zero attached hydrogens (tertiary/aromatic N) is 1. The predicted molar refractivity (Wildman–Crippen MR) is 76.5 cm³/mol. The molecule has 2 aromatic rings. The number of thiophene rings is 1. The third-order valence-electron chi connectivity index (χ3n) is 3.17. The highest BCUT2D eigenvalue weighted by atomic mass is 32.1. The summed E-state index contributed by atoms with van der Waals surface area (Å²) in [7, 11) is 0. The quantitative estimate of drug-likeness (QED) is 0.842. The average Bonchev–Trinajstić information content (AvgIpc) is 2.98. The Bertz CT molecular complexity index is 559. The van der Waals surface area contributed by atoms with Crippen molar-refractivity contribution in [1.82, 2.24) is 4.90 Å². The Hall–Kier alpha value is -1.65. The molecule has 19 heavy (non-hydrogen) atoms. The number of ether oxygens (including phenoxy) is 1. The molecule has 2 heterocycles. The Balaban J connectivity index is 1.79. The summed E-state index contributed by atoms with van der Waals surface area (Å²) in [5.41, 5.74) is 1.16. The first-order chi connectivity index (χ1) is 9.34. The monoisotopic (exact) mass is 273 g/mol. The van der Waals surface area contributed by atoms with Crippen LogP contribution in [0.1, 0.15) is 9.67 Å². The van der Waals surface area contributed by atoms with Gasteiger partial charge in [-0.05, 0) is 17.7 Å². The lowest BCUT2D eigenvalue weighted by Gasteiger charge is -2.26. The van der Waals surface area contributed by atoms with Crippen LogP contribution in [0.15, 0.2) is 42.5 Å². The molecule has 98 valence electrons. The second-order valence-corrected chi connectivity index (χ2v) is 5.52. The Morgan fingerprint density at radius 2 is 1.79 bits per heavy atom. The standard InChI is InChI=1S/C15H15NO2S/c17-15(16-8-10-18-11-9-16)14-7-6-13(19-14)12-4-2-1-3-5-12/h1-7H,8-11H2. The summed E-state index contributed by atoms with van der Waals surface area (Å²) in [6, 6.07) is 14.1. The highest BCUT2D eigenvalue weighted by molar-refractivity contribution is 7.17. The maximum Gasteiger partial charge on any atom is 0.264 e. The lowest BCUT2D eigenvalue weighted by Crippen LogP contribution is -2.40. The fourth-order valence-electron chi connectivity index (χ4n) is 2.13. The van der Waals surface area contributed by atoms with Crippen molar-refractivity contribution in [2.45, 2.75) is 0 Å². The SMILES string of the molecule is O=C(c1ccc(-c2ccccc2)s1)N1CCOCC1. The summed E-state index contributed by atoms with van der Waals surface area (Å²) in [5.74, 6) is 0.121. The van der Waals surface area contributed by atoms with Gasteiger partial charge in [-0.25, -0.2) is 0 Å². The largest absolute Gasteiger partial charge is 0.378 e. The van der Waals surface area contributed by atoms with Crippen molar-refractivity contribution in [3.05, 3.63) is 47.3 Å². The molecule has 3 rings (SSSR count). The van der Waals surface area contributed by atoms with Gasteiger partial charge >= 0.3 is 0 Å².